The lowest BCUT2D eigenvalue weighted by molar-refractivity contribution is -0.131. The van der Waals surface area contributed by atoms with Gasteiger partial charge in [-0.2, -0.15) is 0 Å². The van der Waals surface area contributed by atoms with Gasteiger partial charge in [-0.05, 0) is 23.1 Å². The molecule has 0 saturated heterocycles. The van der Waals surface area contributed by atoms with E-state index in [0.717, 1.165) is 22.3 Å². The number of carboxylic acid groups (broad SMARTS) is 1. The summed E-state index contributed by atoms with van der Waals surface area (Å²) in [5.41, 5.74) is 0.411. The highest BCUT2D eigenvalue weighted by atomic mass is 32.1. The zero-order valence-electron chi connectivity index (χ0n) is 9.47. The van der Waals surface area contributed by atoms with Crippen molar-refractivity contribution in [3.05, 3.63) is 28.0 Å². The number of alkyl halides is 2. The van der Waals surface area contributed by atoms with Crippen molar-refractivity contribution in [2.45, 2.75) is 6.43 Å². The van der Waals surface area contributed by atoms with Gasteiger partial charge in [-0.1, -0.05) is 0 Å². The zero-order valence-corrected chi connectivity index (χ0v) is 10.3. The third kappa shape index (κ3) is 3.92. The van der Waals surface area contributed by atoms with Gasteiger partial charge in [-0.25, -0.2) is 13.6 Å². The van der Waals surface area contributed by atoms with Crippen LogP contribution in [0.3, 0.4) is 0 Å². The highest BCUT2D eigenvalue weighted by Crippen LogP contribution is 2.20. The number of hydrogen-bond acceptors (Lipinski definition) is 3. The van der Waals surface area contributed by atoms with E-state index in [-0.39, 0.29) is 4.88 Å². The smallest absolute Gasteiger partial charge is 0.328 e. The molecule has 0 aliphatic rings. The topological polar surface area (TPSA) is 57.6 Å². The average Bonchev–Trinajstić information content (AvgIpc) is 2.72. The Hall–Kier alpha value is -1.76. The van der Waals surface area contributed by atoms with Crippen molar-refractivity contribution >= 4 is 29.3 Å². The van der Waals surface area contributed by atoms with Crippen molar-refractivity contribution in [3.8, 4) is 0 Å². The van der Waals surface area contributed by atoms with Crippen LogP contribution in [-0.4, -0.2) is 41.9 Å². The summed E-state index contributed by atoms with van der Waals surface area (Å²) in [4.78, 5) is 23.4. The van der Waals surface area contributed by atoms with E-state index in [1.165, 1.54) is 13.1 Å². The number of nitrogens with zero attached hydrogens (tertiary/aromatic N) is 1. The van der Waals surface area contributed by atoms with Crippen LogP contribution < -0.4 is 0 Å². The second-order valence-corrected chi connectivity index (χ2v) is 4.37. The minimum atomic E-state index is -2.60. The van der Waals surface area contributed by atoms with Gasteiger partial charge in [0, 0.05) is 13.1 Å². The van der Waals surface area contributed by atoms with Gasteiger partial charge in [0.1, 0.15) is 0 Å². The summed E-state index contributed by atoms with van der Waals surface area (Å²) in [5, 5.41) is 10.1. The predicted molar refractivity (Wildman–Crippen MR) is 64.0 cm³/mol. The zero-order chi connectivity index (χ0) is 13.7. The third-order valence-corrected chi connectivity index (χ3v) is 2.97. The van der Waals surface area contributed by atoms with Gasteiger partial charge in [-0.15, -0.1) is 11.3 Å². The number of halogens is 2. The Morgan fingerprint density at radius 3 is 2.78 bits per heavy atom. The first kappa shape index (κ1) is 14.3. The van der Waals surface area contributed by atoms with Crippen LogP contribution in [0.5, 0.6) is 0 Å². The first-order valence-corrected chi connectivity index (χ1v) is 5.82. The molecule has 0 bridgehead atoms. The van der Waals surface area contributed by atoms with E-state index in [4.69, 9.17) is 5.11 Å². The fourth-order valence-electron chi connectivity index (χ4n) is 1.25. The average molecular weight is 275 g/mol. The molecule has 7 heteroatoms. The summed E-state index contributed by atoms with van der Waals surface area (Å²) in [5.74, 6) is -1.68. The molecule has 0 fully saturated rings. The number of carbonyl (C=O) groups is 2. The molecule has 0 spiro atoms. The Morgan fingerprint density at radius 2 is 2.22 bits per heavy atom. The largest absolute Gasteiger partial charge is 0.478 e. The van der Waals surface area contributed by atoms with Crippen LogP contribution in [0.25, 0.3) is 6.08 Å². The maximum atomic E-state index is 12.2. The summed E-state index contributed by atoms with van der Waals surface area (Å²) in [6, 6.07) is 1.56. The monoisotopic (exact) mass is 275 g/mol. The summed E-state index contributed by atoms with van der Waals surface area (Å²) < 4.78 is 24.3. The van der Waals surface area contributed by atoms with Crippen molar-refractivity contribution < 1.29 is 23.5 Å². The SMILES string of the molecule is CN(CC(F)F)C(=O)c1sccc1/C=C/C(=O)O. The molecule has 1 aromatic heterocycles. The van der Waals surface area contributed by atoms with Gasteiger partial charge in [0.25, 0.3) is 12.3 Å². The lowest BCUT2D eigenvalue weighted by atomic mass is 10.2. The van der Waals surface area contributed by atoms with Gasteiger partial charge < -0.3 is 10.0 Å². The molecule has 1 N–H and O–H groups in total. The molecule has 18 heavy (non-hydrogen) atoms. The summed E-state index contributed by atoms with van der Waals surface area (Å²) >= 11 is 1.08. The molecular weight excluding hydrogens is 264 g/mol. The van der Waals surface area contributed by atoms with Gasteiger partial charge in [0.15, 0.2) is 0 Å². The Bertz CT molecular complexity index is 471. The lowest BCUT2D eigenvalue weighted by Crippen LogP contribution is -2.31. The molecule has 0 saturated carbocycles. The standard InChI is InChI=1S/C11H11F2NO3S/c1-14(6-8(12)13)11(17)10-7(4-5-18-10)2-3-9(15)16/h2-5,8H,6H2,1H3,(H,15,16)/b3-2+. The van der Waals surface area contributed by atoms with E-state index >= 15 is 0 Å². The third-order valence-electron chi connectivity index (χ3n) is 2.05. The van der Waals surface area contributed by atoms with Gasteiger partial charge >= 0.3 is 5.97 Å². The number of hydrogen-bond donors (Lipinski definition) is 1. The molecule has 1 rings (SSSR count). The van der Waals surface area contributed by atoms with Gasteiger partial charge in [0.05, 0.1) is 11.4 Å². The Labute approximate surface area is 106 Å². The summed E-state index contributed by atoms with van der Waals surface area (Å²) in [7, 11) is 1.28. The van der Waals surface area contributed by atoms with E-state index in [9.17, 15) is 18.4 Å². The van der Waals surface area contributed by atoms with Crippen molar-refractivity contribution in [2.75, 3.05) is 13.6 Å². The second-order valence-electron chi connectivity index (χ2n) is 3.45. The van der Waals surface area contributed by atoms with Crippen LogP contribution in [0.1, 0.15) is 15.2 Å². The quantitative estimate of drug-likeness (QED) is 0.838. The molecule has 0 radical (unpaired) electrons. The van der Waals surface area contributed by atoms with Crippen LogP contribution in [0.2, 0.25) is 0 Å². The molecule has 1 aromatic rings. The fraction of sp³-hybridized carbons (Fsp3) is 0.273. The molecule has 0 aliphatic carbocycles. The van der Waals surface area contributed by atoms with Crippen LogP contribution in [0.4, 0.5) is 8.78 Å². The van der Waals surface area contributed by atoms with Crippen molar-refractivity contribution in [1.82, 2.24) is 4.90 Å². The number of carboxylic acids is 1. The minimum Gasteiger partial charge on any atom is -0.478 e. The molecule has 0 aromatic carbocycles. The number of rotatable bonds is 5. The van der Waals surface area contributed by atoms with Gasteiger partial charge in [0.2, 0.25) is 0 Å². The van der Waals surface area contributed by atoms with E-state index in [2.05, 4.69) is 0 Å². The molecular formula is C11H11F2NO3S. The first-order valence-electron chi connectivity index (χ1n) is 4.94. The van der Waals surface area contributed by atoms with Crippen molar-refractivity contribution in [3.63, 3.8) is 0 Å². The van der Waals surface area contributed by atoms with Crippen molar-refractivity contribution in [1.29, 1.82) is 0 Å². The predicted octanol–water partition coefficient (Wildman–Crippen LogP) is 2.18. The first-order chi connectivity index (χ1) is 8.41. The number of amides is 1. The molecule has 0 aliphatic heterocycles. The van der Waals surface area contributed by atoms with E-state index in [1.807, 2.05) is 0 Å². The minimum absolute atomic E-state index is 0.246. The molecule has 98 valence electrons. The molecule has 0 unspecified atom stereocenters. The van der Waals surface area contributed by atoms with Crippen LogP contribution >= 0.6 is 11.3 Å². The van der Waals surface area contributed by atoms with Crippen LogP contribution in [-0.2, 0) is 4.79 Å². The summed E-state index contributed by atoms with van der Waals surface area (Å²) in [6.45, 7) is -0.654. The number of carbonyl (C=O) groups excluding carboxylic acids is 1. The highest BCUT2D eigenvalue weighted by molar-refractivity contribution is 7.12. The van der Waals surface area contributed by atoms with Gasteiger partial charge in [-0.3, -0.25) is 4.79 Å². The van der Waals surface area contributed by atoms with E-state index in [1.54, 1.807) is 11.4 Å². The Balaban J connectivity index is 2.87. The van der Waals surface area contributed by atoms with Crippen molar-refractivity contribution in [2.24, 2.45) is 0 Å². The highest BCUT2D eigenvalue weighted by Gasteiger charge is 2.19. The number of thiophene rings is 1. The fourth-order valence-corrected chi connectivity index (χ4v) is 2.13. The maximum Gasteiger partial charge on any atom is 0.328 e. The molecule has 0 atom stereocenters. The maximum absolute atomic E-state index is 12.2. The molecule has 1 heterocycles. The summed E-state index contributed by atoms with van der Waals surface area (Å²) in [6.07, 6.45) is -0.439. The molecule has 1 amide bonds. The Morgan fingerprint density at radius 1 is 1.56 bits per heavy atom. The lowest BCUT2D eigenvalue weighted by Gasteiger charge is -2.15. The van der Waals surface area contributed by atoms with E-state index in [0.29, 0.717) is 5.56 Å². The number of aliphatic carboxylic acids is 1. The van der Waals surface area contributed by atoms with Crippen LogP contribution in [0.15, 0.2) is 17.5 Å². The normalized spacial score (nSPS) is 11.1. The van der Waals surface area contributed by atoms with E-state index < -0.39 is 24.8 Å². The Kier molecular flexibility index (Phi) is 4.96. The second kappa shape index (κ2) is 6.25. The van der Waals surface area contributed by atoms with Crippen LogP contribution in [0, 0.1) is 0 Å². The molecule has 4 nitrogen and oxygen atoms in total.